The SMILES string of the molecule is CCCCCCCCCCCCCCCCCCCCCC(=O)O[C@H]1CC[C@@]2(C)C(=CC(=O)C3C2CC[C@]2(C)C(=O)CCC32)C1. The second kappa shape index (κ2) is 18.2. The van der Waals surface area contributed by atoms with Crippen LogP contribution in [0.1, 0.15) is 194 Å². The van der Waals surface area contributed by atoms with E-state index in [4.69, 9.17) is 4.74 Å². The summed E-state index contributed by atoms with van der Waals surface area (Å²) in [6.45, 7) is 6.76. The summed E-state index contributed by atoms with van der Waals surface area (Å²) in [5.41, 5.74) is 0.910. The topological polar surface area (TPSA) is 60.4 Å². The van der Waals surface area contributed by atoms with Crippen LogP contribution in [0.2, 0.25) is 0 Å². The standard InChI is InChI=1S/C41H68O4/c1-4-5-6-7-8-9-10-11-12-13-14-15-16-17-18-19-20-21-22-23-38(44)45-33-26-28-40(2)32(30-33)31-36(42)39-34-24-25-37(43)41(34,3)29-27-35(39)40/h31,33-35,39H,4-30H2,1-3H3/t33-,34?,35?,39?,40-,41-/m0/s1. The number of fused-ring (bicyclic) bond motifs is 5. The lowest BCUT2D eigenvalue weighted by Gasteiger charge is -2.56. The van der Waals surface area contributed by atoms with E-state index in [1.165, 1.54) is 115 Å². The highest BCUT2D eigenvalue weighted by Gasteiger charge is 2.61. The third-order valence-corrected chi connectivity index (χ3v) is 12.9. The lowest BCUT2D eigenvalue weighted by Crippen LogP contribution is -2.53. The number of hydrogen-bond donors (Lipinski definition) is 0. The van der Waals surface area contributed by atoms with Crippen molar-refractivity contribution >= 4 is 17.5 Å². The molecule has 4 heteroatoms. The van der Waals surface area contributed by atoms with Crippen LogP contribution in [-0.4, -0.2) is 23.6 Å². The first-order chi connectivity index (χ1) is 21.8. The van der Waals surface area contributed by atoms with Gasteiger partial charge in [-0.15, -0.1) is 0 Å². The Kier molecular flexibility index (Phi) is 14.7. The molecule has 256 valence electrons. The molecule has 0 saturated heterocycles. The van der Waals surface area contributed by atoms with E-state index < -0.39 is 0 Å². The molecule has 0 aromatic carbocycles. The van der Waals surface area contributed by atoms with Crippen molar-refractivity contribution in [1.29, 1.82) is 0 Å². The van der Waals surface area contributed by atoms with Gasteiger partial charge < -0.3 is 4.74 Å². The Balaban J connectivity index is 1.00. The maximum Gasteiger partial charge on any atom is 0.306 e. The van der Waals surface area contributed by atoms with Gasteiger partial charge in [-0.3, -0.25) is 14.4 Å². The van der Waals surface area contributed by atoms with Gasteiger partial charge in [0.25, 0.3) is 0 Å². The van der Waals surface area contributed by atoms with Crippen LogP contribution in [0.4, 0.5) is 0 Å². The number of ketones is 2. The molecule has 4 nitrogen and oxygen atoms in total. The summed E-state index contributed by atoms with van der Waals surface area (Å²) in [7, 11) is 0. The molecule has 4 rings (SSSR count). The Labute approximate surface area is 276 Å². The highest BCUT2D eigenvalue weighted by molar-refractivity contribution is 5.96. The van der Waals surface area contributed by atoms with Crippen molar-refractivity contribution in [1.82, 2.24) is 0 Å². The number of carbonyl (C=O) groups is 3. The number of unbranched alkanes of at least 4 members (excludes halogenated alkanes) is 18. The predicted octanol–water partition coefficient (Wildman–Crippen LogP) is 11.4. The van der Waals surface area contributed by atoms with Gasteiger partial charge in [0.15, 0.2) is 5.78 Å². The van der Waals surface area contributed by atoms with E-state index >= 15 is 0 Å². The molecule has 0 radical (unpaired) electrons. The second-order valence-electron chi connectivity index (χ2n) is 16.1. The quantitative estimate of drug-likeness (QED) is 0.0941. The van der Waals surface area contributed by atoms with Crippen molar-refractivity contribution in [3.8, 4) is 0 Å². The molecule has 0 spiro atoms. The summed E-state index contributed by atoms with van der Waals surface area (Å²) in [5, 5.41) is 0. The van der Waals surface area contributed by atoms with Crippen LogP contribution < -0.4 is 0 Å². The molecule has 4 aliphatic carbocycles. The molecule has 4 aliphatic rings. The smallest absolute Gasteiger partial charge is 0.306 e. The van der Waals surface area contributed by atoms with E-state index in [-0.39, 0.29) is 40.5 Å². The van der Waals surface area contributed by atoms with Crippen molar-refractivity contribution in [3.63, 3.8) is 0 Å². The molecular weight excluding hydrogens is 556 g/mol. The van der Waals surface area contributed by atoms with E-state index in [2.05, 4.69) is 20.8 Å². The molecule has 0 aromatic rings. The van der Waals surface area contributed by atoms with Gasteiger partial charge in [-0.25, -0.2) is 0 Å². The number of carbonyl (C=O) groups excluding carboxylic acids is 3. The highest BCUT2D eigenvalue weighted by atomic mass is 16.5. The molecule has 0 N–H and O–H groups in total. The number of rotatable bonds is 21. The molecule has 3 fully saturated rings. The van der Waals surface area contributed by atoms with Crippen molar-refractivity contribution in [2.45, 2.75) is 200 Å². The van der Waals surface area contributed by atoms with Gasteiger partial charge in [-0.05, 0) is 61.9 Å². The molecule has 3 saturated carbocycles. The zero-order valence-corrected chi connectivity index (χ0v) is 29.6. The largest absolute Gasteiger partial charge is 0.462 e. The maximum absolute atomic E-state index is 13.4. The van der Waals surface area contributed by atoms with Gasteiger partial charge in [0.2, 0.25) is 0 Å². The Morgan fingerprint density at radius 2 is 1.18 bits per heavy atom. The first kappa shape index (κ1) is 36.4. The van der Waals surface area contributed by atoms with Crippen LogP contribution in [0, 0.1) is 28.6 Å². The summed E-state index contributed by atoms with van der Waals surface area (Å²) in [4.78, 5) is 38.8. The molecule has 0 heterocycles. The fourth-order valence-corrected chi connectivity index (χ4v) is 9.84. The van der Waals surface area contributed by atoms with Crippen molar-refractivity contribution in [2.75, 3.05) is 0 Å². The average Bonchev–Trinajstić information content (AvgIpc) is 3.33. The zero-order chi connectivity index (χ0) is 32.1. The minimum atomic E-state index is -0.294. The highest BCUT2D eigenvalue weighted by Crippen LogP contribution is 2.63. The van der Waals surface area contributed by atoms with Crippen LogP contribution in [0.5, 0.6) is 0 Å². The van der Waals surface area contributed by atoms with Crippen LogP contribution >= 0.6 is 0 Å². The molecule has 0 aliphatic heterocycles. The van der Waals surface area contributed by atoms with Crippen molar-refractivity contribution < 1.29 is 19.1 Å². The average molecular weight is 625 g/mol. The Morgan fingerprint density at radius 1 is 0.689 bits per heavy atom. The van der Waals surface area contributed by atoms with Crippen molar-refractivity contribution in [3.05, 3.63) is 11.6 Å². The van der Waals surface area contributed by atoms with E-state index in [1.54, 1.807) is 0 Å². The minimum absolute atomic E-state index is 0.00139. The molecule has 6 atom stereocenters. The Morgan fingerprint density at radius 3 is 1.73 bits per heavy atom. The first-order valence-electron chi connectivity index (χ1n) is 19.8. The summed E-state index contributed by atoms with van der Waals surface area (Å²) in [5.74, 6) is 1.08. The third kappa shape index (κ3) is 9.79. The van der Waals surface area contributed by atoms with Crippen LogP contribution in [0.15, 0.2) is 11.6 Å². The van der Waals surface area contributed by atoms with E-state index in [0.29, 0.717) is 31.0 Å². The van der Waals surface area contributed by atoms with E-state index in [0.717, 1.165) is 44.9 Å². The first-order valence-corrected chi connectivity index (χ1v) is 19.8. The molecular formula is C41H68O4. The van der Waals surface area contributed by atoms with Gasteiger partial charge in [0.05, 0.1) is 0 Å². The number of hydrogen-bond acceptors (Lipinski definition) is 4. The summed E-state index contributed by atoms with van der Waals surface area (Å²) in [6.07, 6.45) is 34.0. The maximum atomic E-state index is 13.4. The minimum Gasteiger partial charge on any atom is -0.462 e. The van der Waals surface area contributed by atoms with Gasteiger partial charge >= 0.3 is 5.97 Å². The van der Waals surface area contributed by atoms with Crippen LogP contribution in [0.3, 0.4) is 0 Å². The number of esters is 1. The summed E-state index contributed by atoms with van der Waals surface area (Å²) < 4.78 is 5.96. The van der Waals surface area contributed by atoms with E-state index in [1.807, 2.05) is 6.08 Å². The Hall–Kier alpha value is -1.45. The third-order valence-electron chi connectivity index (χ3n) is 12.9. The Bertz CT molecular complexity index is 982. The molecule has 0 amide bonds. The van der Waals surface area contributed by atoms with Gasteiger partial charge in [0.1, 0.15) is 11.9 Å². The molecule has 0 aromatic heterocycles. The lowest BCUT2D eigenvalue weighted by molar-refractivity contribution is -0.152. The number of Topliss-reactive ketones (excluding diaryl/α,β-unsaturated/α-hetero) is 1. The van der Waals surface area contributed by atoms with Crippen LogP contribution in [-0.2, 0) is 19.1 Å². The monoisotopic (exact) mass is 625 g/mol. The van der Waals surface area contributed by atoms with Gasteiger partial charge in [-0.2, -0.15) is 0 Å². The molecule has 3 unspecified atom stereocenters. The fraction of sp³-hybridized carbons (Fsp3) is 0.878. The number of ether oxygens (including phenoxy) is 1. The number of allylic oxidation sites excluding steroid dienone is 1. The lowest BCUT2D eigenvalue weighted by atomic mass is 9.48. The predicted molar refractivity (Wildman–Crippen MR) is 185 cm³/mol. The normalized spacial score (nSPS) is 30.9. The summed E-state index contributed by atoms with van der Waals surface area (Å²) >= 11 is 0. The molecule has 45 heavy (non-hydrogen) atoms. The molecule has 0 bridgehead atoms. The second-order valence-corrected chi connectivity index (χ2v) is 16.1. The van der Waals surface area contributed by atoms with Gasteiger partial charge in [-0.1, -0.05) is 142 Å². The van der Waals surface area contributed by atoms with Crippen LogP contribution in [0.25, 0.3) is 0 Å². The zero-order valence-electron chi connectivity index (χ0n) is 29.6. The van der Waals surface area contributed by atoms with E-state index in [9.17, 15) is 14.4 Å². The van der Waals surface area contributed by atoms with Gasteiger partial charge in [0, 0.05) is 30.6 Å². The van der Waals surface area contributed by atoms with Crippen molar-refractivity contribution in [2.24, 2.45) is 28.6 Å². The fourth-order valence-electron chi connectivity index (χ4n) is 9.84. The summed E-state index contributed by atoms with van der Waals surface area (Å²) in [6, 6.07) is 0.